The first-order valence-corrected chi connectivity index (χ1v) is 6.34. The van der Waals surface area contributed by atoms with E-state index in [0.29, 0.717) is 11.3 Å². The molecule has 0 amide bonds. The summed E-state index contributed by atoms with van der Waals surface area (Å²) in [6, 6.07) is 13.3. The van der Waals surface area contributed by atoms with Gasteiger partial charge in [-0.1, -0.05) is 29.8 Å². The SMILES string of the molecule is Cc1cccc(-c2cc3c([N+](=O)[O-])cccc3c(=O)o2)c1. The Hall–Kier alpha value is -2.95. The fourth-order valence-electron chi connectivity index (χ4n) is 2.30. The lowest BCUT2D eigenvalue weighted by atomic mass is 10.1. The van der Waals surface area contributed by atoms with Gasteiger partial charge in [-0.05, 0) is 25.1 Å². The highest BCUT2D eigenvalue weighted by molar-refractivity contribution is 5.91. The number of hydrogen-bond acceptors (Lipinski definition) is 4. The maximum Gasteiger partial charge on any atom is 0.344 e. The van der Waals surface area contributed by atoms with Crippen LogP contribution >= 0.6 is 0 Å². The van der Waals surface area contributed by atoms with Crippen molar-refractivity contribution in [1.82, 2.24) is 0 Å². The Bertz CT molecular complexity index is 912. The highest BCUT2D eigenvalue weighted by Gasteiger charge is 2.16. The number of non-ortho nitro benzene ring substituents is 1. The molecule has 0 bridgehead atoms. The van der Waals surface area contributed by atoms with Crippen LogP contribution in [0.5, 0.6) is 0 Å². The Morgan fingerprint density at radius 1 is 1.05 bits per heavy atom. The first-order chi connectivity index (χ1) is 10.1. The Balaban J connectivity index is 2.34. The molecule has 0 aliphatic carbocycles. The summed E-state index contributed by atoms with van der Waals surface area (Å²) in [5.41, 5.74) is 1.05. The Labute approximate surface area is 119 Å². The molecule has 104 valence electrons. The highest BCUT2D eigenvalue weighted by Crippen LogP contribution is 2.28. The van der Waals surface area contributed by atoms with Crippen LogP contribution < -0.4 is 5.63 Å². The first kappa shape index (κ1) is 13.1. The van der Waals surface area contributed by atoms with Crippen molar-refractivity contribution in [3.8, 4) is 11.3 Å². The van der Waals surface area contributed by atoms with E-state index in [9.17, 15) is 14.9 Å². The van der Waals surface area contributed by atoms with Crippen molar-refractivity contribution >= 4 is 16.5 Å². The number of hydrogen-bond donors (Lipinski definition) is 0. The molecule has 0 aliphatic heterocycles. The predicted molar refractivity (Wildman–Crippen MR) is 79.3 cm³/mol. The van der Waals surface area contributed by atoms with Gasteiger partial charge < -0.3 is 4.42 Å². The molecule has 2 aromatic carbocycles. The molecule has 0 N–H and O–H groups in total. The summed E-state index contributed by atoms with van der Waals surface area (Å²) in [4.78, 5) is 22.6. The monoisotopic (exact) mass is 281 g/mol. The van der Waals surface area contributed by atoms with Crippen molar-refractivity contribution in [2.75, 3.05) is 0 Å². The number of rotatable bonds is 2. The largest absolute Gasteiger partial charge is 0.422 e. The number of fused-ring (bicyclic) bond motifs is 1. The number of nitro benzene ring substituents is 1. The third-order valence-corrected chi connectivity index (χ3v) is 3.28. The summed E-state index contributed by atoms with van der Waals surface area (Å²) >= 11 is 0. The average molecular weight is 281 g/mol. The van der Waals surface area contributed by atoms with Crippen LogP contribution in [-0.4, -0.2) is 4.92 Å². The molecule has 0 atom stereocenters. The van der Waals surface area contributed by atoms with E-state index in [-0.39, 0.29) is 16.5 Å². The molecule has 3 rings (SSSR count). The fourth-order valence-corrected chi connectivity index (χ4v) is 2.30. The van der Waals surface area contributed by atoms with Gasteiger partial charge in [0.1, 0.15) is 5.76 Å². The van der Waals surface area contributed by atoms with Crippen LogP contribution in [-0.2, 0) is 0 Å². The van der Waals surface area contributed by atoms with Crippen LogP contribution in [0.4, 0.5) is 5.69 Å². The molecule has 0 radical (unpaired) electrons. The summed E-state index contributed by atoms with van der Waals surface area (Å²) in [6.07, 6.45) is 0. The number of nitro groups is 1. The Morgan fingerprint density at radius 2 is 1.81 bits per heavy atom. The van der Waals surface area contributed by atoms with E-state index >= 15 is 0 Å². The molecule has 21 heavy (non-hydrogen) atoms. The molecule has 1 heterocycles. The van der Waals surface area contributed by atoms with Crippen LogP contribution in [0.3, 0.4) is 0 Å². The van der Waals surface area contributed by atoms with Crippen LogP contribution in [0.25, 0.3) is 22.1 Å². The van der Waals surface area contributed by atoms with Crippen molar-refractivity contribution in [1.29, 1.82) is 0 Å². The van der Waals surface area contributed by atoms with Crippen molar-refractivity contribution in [3.05, 3.63) is 74.6 Å². The van der Waals surface area contributed by atoms with Gasteiger partial charge in [0, 0.05) is 11.6 Å². The number of aryl methyl sites for hydroxylation is 1. The predicted octanol–water partition coefficient (Wildman–Crippen LogP) is 3.68. The standard InChI is InChI=1S/C16H11NO4/c1-10-4-2-5-11(8-10)15-9-13-12(16(18)21-15)6-3-7-14(13)17(19)20/h2-9H,1H3. The van der Waals surface area contributed by atoms with Crippen molar-refractivity contribution in [2.45, 2.75) is 6.92 Å². The summed E-state index contributed by atoms with van der Waals surface area (Å²) in [7, 11) is 0. The quantitative estimate of drug-likeness (QED) is 0.530. The normalized spacial score (nSPS) is 10.7. The zero-order valence-corrected chi connectivity index (χ0v) is 11.2. The second kappa shape index (κ2) is 4.86. The fraction of sp³-hybridized carbons (Fsp3) is 0.0625. The van der Waals surface area contributed by atoms with Crippen LogP contribution in [0.2, 0.25) is 0 Å². The first-order valence-electron chi connectivity index (χ1n) is 6.34. The second-order valence-electron chi connectivity index (χ2n) is 4.76. The number of nitrogens with zero attached hydrogens (tertiary/aromatic N) is 1. The molecule has 5 heteroatoms. The van der Waals surface area contributed by atoms with Crippen LogP contribution in [0.15, 0.2) is 57.7 Å². The minimum atomic E-state index is -0.576. The molecule has 0 fully saturated rings. The summed E-state index contributed by atoms with van der Waals surface area (Å²) < 4.78 is 5.29. The molecule has 1 aromatic heterocycles. The Kier molecular flexibility index (Phi) is 3.02. The molecule has 3 aromatic rings. The molecule has 0 saturated carbocycles. The van der Waals surface area contributed by atoms with E-state index < -0.39 is 10.5 Å². The van der Waals surface area contributed by atoms with Gasteiger partial charge in [0.15, 0.2) is 0 Å². The Morgan fingerprint density at radius 3 is 2.52 bits per heavy atom. The van der Waals surface area contributed by atoms with Crippen molar-refractivity contribution < 1.29 is 9.34 Å². The minimum Gasteiger partial charge on any atom is -0.422 e. The molecular formula is C16H11NO4. The lowest BCUT2D eigenvalue weighted by Crippen LogP contribution is -2.02. The third kappa shape index (κ3) is 2.29. The molecule has 0 unspecified atom stereocenters. The molecule has 0 aliphatic rings. The summed E-state index contributed by atoms with van der Waals surface area (Å²) in [6.45, 7) is 1.92. The van der Waals surface area contributed by atoms with E-state index in [1.807, 2.05) is 25.1 Å². The van der Waals surface area contributed by atoms with Crippen molar-refractivity contribution in [3.63, 3.8) is 0 Å². The maximum absolute atomic E-state index is 12.0. The van der Waals surface area contributed by atoms with Gasteiger partial charge in [-0.25, -0.2) is 4.79 Å². The van der Waals surface area contributed by atoms with Gasteiger partial charge >= 0.3 is 5.63 Å². The van der Waals surface area contributed by atoms with E-state index in [4.69, 9.17) is 4.42 Å². The van der Waals surface area contributed by atoms with Gasteiger partial charge in [0.05, 0.1) is 15.7 Å². The smallest absolute Gasteiger partial charge is 0.344 e. The van der Waals surface area contributed by atoms with Gasteiger partial charge in [-0.15, -0.1) is 0 Å². The summed E-state index contributed by atoms with van der Waals surface area (Å²) in [5, 5.41) is 11.6. The van der Waals surface area contributed by atoms with Crippen LogP contribution in [0, 0.1) is 17.0 Å². The lowest BCUT2D eigenvalue weighted by Gasteiger charge is -2.04. The van der Waals surface area contributed by atoms with Crippen molar-refractivity contribution in [2.24, 2.45) is 0 Å². The topological polar surface area (TPSA) is 73.3 Å². The number of benzene rings is 2. The average Bonchev–Trinajstić information content (AvgIpc) is 2.46. The highest BCUT2D eigenvalue weighted by atomic mass is 16.6. The third-order valence-electron chi connectivity index (χ3n) is 3.28. The van der Waals surface area contributed by atoms with Crippen LogP contribution in [0.1, 0.15) is 5.56 Å². The zero-order chi connectivity index (χ0) is 15.0. The minimum absolute atomic E-state index is 0.102. The summed E-state index contributed by atoms with van der Waals surface area (Å²) in [5.74, 6) is 0.325. The molecular weight excluding hydrogens is 270 g/mol. The maximum atomic E-state index is 12.0. The van der Waals surface area contributed by atoms with Gasteiger partial charge in [-0.2, -0.15) is 0 Å². The van der Waals surface area contributed by atoms with E-state index in [0.717, 1.165) is 5.56 Å². The molecule has 5 nitrogen and oxygen atoms in total. The molecule has 0 spiro atoms. The van der Waals surface area contributed by atoms with Gasteiger partial charge in [-0.3, -0.25) is 10.1 Å². The lowest BCUT2D eigenvalue weighted by molar-refractivity contribution is -0.383. The zero-order valence-electron chi connectivity index (χ0n) is 11.2. The van der Waals surface area contributed by atoms with E-state index in [2.05, 4.69) is 0 Å². The van der Waals surface area contributed by atoms with Gasteiger partial charge in [0.25, 0.3) is 5.69 Å². The molecule has 0 saturated heterocycles. The van der Waals surface area contributed by atoms with E-state index in [1.54, 1.807) is 12.1 Å². The second-order valence-corrected chi connectivity index (χ2v) is 4.76. The van der Waals surface area contributed by atoms with Gasteiger partial charge in [0.2, 0.25) is 0 Å². The van der Waals surface area contributed by atoms with E-state index in [1.165, 1.54) is 18.2 Å².